The van der Waals surface area contributed by atoms with Gasteiger partial charge in [-0.3, -0.25) is 19.4 Å². The lowest BCUT2D eigenvalue weighted by Gasteiger charge is -2.36. The molecule has 8 rings (SSSR count). The summed E-state index contributed by atoms with van der Waals surface area (Å²) in [5.74, 6) is -2.62. The molecule has 0 aliphatic carbocycles. The van der Waals surface area contributed by atoms with Crippen LogP contribution in [0.5, 0.6) is 0 Å². The number of amides is 4. The number of rotatable bonds is 19. The highest BCUT2D eigenvalue weighted by Crippen LogP contribution is 2.30. The molecule has 0 unspecified atom stereocenters. The Hall–Kier alpha value is -7.03. The summed E-state index contributed by atoms with van der Waals surface area (Å²) >= 11 is 11.6. The Balaban J connectivity index is 0.000000246. The topological polar surface area (TPSA) is 203 Å². The van der Waals surface area contributed by atoms with E-state index in [0.29, 0.717) is 124 Å². The summed E-state index contributed by atoms with van der Waals surface area (Å²) in [5, 5.41) is 3.06. The van der Waals surface area contributed by atoms with Crippen molar-refractivity contribution in [3.63, 3.8) is 0 Å². The Morgan fingerprint density at radius 2 is 1.07 bits per heavy atom. The number of halogens is 2. The molecule has 0 radical (unpaired) electrons. The number of nitrogens with zero attached hydrogens (tertiary/aromatic N) is 8. The number of esters is 2. The maximum absolute atomic E-state index is 15.1. The zero-order valence-electron chi connectivity index (χ0n) is 48.7. The third-order valence-corrected chi connectivity index (χ3v) is 15.7. The van der Waals surface area contributed by atoms with Gasteiger partial charge in [-0.25, -0.2) is 28.0 Å². The first-order valence-electron chi connectivity index (χ1n) is 27.7. The van der Waals surface area contributed by atoms with Crippen molar-refractivity contribution in [2.24, 2.45) is 5.73 Å². The van der Waals surface area contributed by atoms with Crippen LogP contribution in [0.2, 0.25) is 0 Å². The van der Waals surface area contributed by atoms with Crippen LogP contribution >= 0.6 is 36.2 Å². The van der Waals surface area contributed by atoms with Crippen molar-refractivity contribution in [2.75, 3.05) is 146 Å². The van der Waals surface area contributed by atoms with E-state index in [1.54, 1.807) is 82.2 Å². The molecule has 20 nitrogen and oxygen atoms in total. The molecule has 4 aliphatic heterocycles. The first-order chi connectivity index (χ1) is 40.2. The fourth-order valence-corrected chi connectivity index (χ4v) is 9.72. The van der Waals surface area contributed by atoms with Gasteiger partial charge in [0.1, 0.15) is 23.8 Å². The number of hydrogen-bond acceptors (Lipinski definition) is 18. The van der Waals surface area contributed by atoms with Crippen LogP contribution in [0.1, 0.15) is 58.5 Å². The van der Waals surface area contributed by atoms with E-state index >= 15 is 4.39 Å². The monoisotopic (exact) mass is 1220 g/mol. The van der Waals surface area contributed by atoms with E-state index in [4.69, 9.17) is 49.1 Å². The fraction of sp³-hybridized carbons (Fsp3) is 0.458. The Bertz CT molecular complexity index is 2960. The maximum atomic E-state index is 15.1. The minimum atomic E-state index is -0.548. The van der Waals surface area contributed by atoms with Crippen molar-refractivity contribution in [1.29, 1.82) is 0 Å². The Kier molecular flexibility index (Phi) is 25.4. The number of nitrogens with one attached hydrogen (secondary N) is 1. The van der Waals surface area contributed by atoms with Crippen molar-refractivity contribution in [3.05, 3.63) is 119 Å². The van der Waals surface area contributed by atoms with Gasteiger partial charge in [0.2, 0.25) is 0 Å². The number of thiocarbonyl (C=S) groups is 2. The minimum Gasteiger partial charge on any atom is -0.452 e. The van der Waals surface area contributed by atoms with Crippen molar-refractivity contribution >= 4 is 104 Å². The van der Waals surface area contributed by atoms with Gasteiger partial charge in [0.05, 0.1) is 58.5 Å². The molecule has 4 heterocycles. The molecule has 4 aromatic rings. The summed E-state index contributed by atoms with van der Waals surface area (Å²) in [4.78, 5) is 89.0. The predicted molar refractivity (Wildman–Crippen MR) is 330 cm³/mol. The quantitative estimate of drug-likeness (QED) is 0.0563. The highest BCUT2D eigenvalue weighted by molar-refractivity contribution is 8.22. The highest BCUT2D eigenvalue weighted by atomic mass is 32.2. The molecular formula is C59H76F2N10O10S3. The summed E-state index contributed by atoms with van der Waals surface area (Å²) in [6.07, 6.45) is 1.87. The van der Waals surface area contributed by atoms with Crippen LogP contribution < -0.4 is 30.7 Å². The minimum absolute atomic E-state index is 0.203. The number of hydrogen-bond donors (Lipinski definition) is 2. The van der Waals surface area contributed by atoms with Crippen LogP contribution in [0.3, 0.4) is 0 Å². The lowest BCUT2D eigenvalue weighted by molar-refractivity contribution is -0.135. The fourth-order valence-electron chi connectivity index (χ4n) is 9.35. The first-order valence-corrected chi connectivity index (χ1v) is 29.7. The zero-order valence-corrected chi connectivity index (χ0v) is 51.1. The zero-order chi connectivity index (χ0) is 61.0. The summed E-state index contributed by atoms with van der Waals surface area (Å²) in [7, 11) is 7.77. The summed E-state index contributed by atoms with van der Waals surface area (Å²) < 4.78 is 52.2. The normalized spacial score (nSPS) is 16.8. The van der Waals surface area contributed by atoms with Crippen molar-refractivity contribution in [1.82, 2.24) is 24.9 Å². The molecule has 4 fully saturated rings. The van der Waals surface area contributed by atoms with Gasteiger partial charge in [-0.15, -0.1) is 11.8 Å². The average Bonchev–Trinajstić information content (AvgIpc) is 4.28. The molecule has 0 spiro atoms. The number of thioether (sulfide) groups is 1. The molecule has 4 amide bonds. The molecule has 4 aliphatic rings. The number of ether oxygens (including phenoxy) is 4. The summed E-state index contributed by atoms with van der Waals surface area (Å²) in [5.41, 5.74) is 9.92. The van der Waals surface area contributed by atoms with E-state index in [1.165, 1.54) is 21.9 Å². The number of carbonyl (C=O) groups is 6. The van der Waals surface area contributed by atoms with E-state index in [-0.39, 0.29) is 44.2 Å². The van der Waals surface area contributed by atoms with E-state index in [2.05, 4.69) is 12.2 Å². The molecule has 4 saturated heterocycles. The number of nitrogens with two attached hydrogens (primary N) is 1. The molecule has 0 bridgehead atoms. The number of cyclic esters (lactones) is 2. The van der Waals surface area contributed by atoms with Crippen LogP contribution in [0, 0.1) is 11.6 Å². The van der Waals surface area contributed by atoms with Crippen molar-refractivity contribution in [3.8, 4) is 0 Å². The molecule has 0 aromatic heterocycles. The molecule has 2 atom stereocenters. The number of anilines is 4. The molecule has 4 aromatic carbocycles. The summed E-state index contributed by atoms with van der Waals surface area (Å²) in [6, 6.07) is 23.5. The second kappa shape index (κ2) is 32.3. The Morgan fingerprint density at radius 3 is 1.43 bits per heavy atom. The van der Waals surface area contributed by atoms with Gasteiger partial charge in [0, 0.05) is 76.2 Å². The van der Waals surface area contributed by atoms with Crippen molar-refractivity contribution < 1.29 is 56.5 Å². The van der Waals surface area contributed by atoms with Crippen LogP contribution in [0.15, 0.2) is 84.9 Å². The lowest BCUT2D eigenvalue weighted by Crippen LogP contribution is -2.50. The van der Waals surface area contributed by atoms with Crippen molar-refractivity contribution in [2.45, 2.75) is 52.0 Å². The lowest BCUT2D eigenvalue weighted by atomic mass is 10.1. The third kappa shape index (κ3) is 19.3. The van der Waals surface area contributed by atoms with Gasteiger partial charge in [0.25, 0.3) is 11.8 Å². The smallest absolute Gasteiger partial charge is 0.414 e. The van der Waals surface area contributed by atoms with E-state index in [0.717, 1.165) is 21.7 Å². The molecule has 454 valence electrons. The summed E-state index contributed by atoms with van der Waals surface area (Å²) in [6.45, 7) is 8.99. The molecular weight excluding hydrogens is 1140 g/mol. The van der Waals surface area contributed by atoms with Gasteiger partial charge >= 0.3 is 24.1 Å². The van der Waals surface area contributed by atoms with Gasteiger partial charge in [-0.05, 0) is 119 Å². The number of carbonyl (C=O) groups excluding carboxylic acids is 6. The Labute approximate surface area is 505 Å². The largest absolute Gasteiger partial charge is 0.452 e. The predicted octanol–water partition coefficient (Wildman–Crippen LogP) is 6.81. The first kappa shape index (κ1) is 66.1. The third-order valence-electron chi connectivity index (χ3n) is 13.8. The van der Waals surface area contributed by atoms with E-state index < -0.39 is 41.9 Å². The average molecular weight is 1220 g/mol. The second-order valence-corrected chi connectivity index (χ2v) is 22.7. The molecule has 3 N–H and O–H groups in total. The van der Waals surface area contributed by atoms with Crippen LogP contribution in [0.25, 0.3) is 0 Å². The van der Waals surface area contributed by atoms with Gasteiger partial charge in [-0.1, -0.05) is 62.5 Å². The standard InChI is InChI=1S/C29H36FN5O5S.C26H32FN5O5.C4H8S2/c1-4-26(41)31-16-23-18-35(29(38)40-23)22-8-9-25(24(30)15-22)33-10-12-34(13-11-33)27(36)19-39-28(37)21-7-5-6-20(14-21)17-32(2)3;1-29(2)15-18-4-3-5-19(12-18)25(34)36-17-24(33)31-10-8-30(9-11-31)23-7-6-20(13-22(23)27)32-16-21(14-28)37-26(32)35;1-3-4(5)6-2/h5-9,14-15,23H,4,10-13,16-19H2,1-3H3,(H,31,41);3-7,12-13,21H,8-11,14-17,28H2,1-2H3;3H2,1-2H3/t23-;21-;/m00./s1. The molecule has 25 heteroatoms. The SMILES string of the molecule is CCC(=S)NC[C@H]1CN(c2ccc(N3CCN(C(=O)COC(=O)c4cccc(CN(C)C)c4)CC3)c(F)c2)C(=O)O1.CCC(=S)SC.CN(C)Cc1cccc(C(=O)OCC(=O)N2CCN(c3ccc(N4C[C@H](CN)OC4=O)cc3F)CC2)c1. The van der Waals surface area contributed by atoms with Crippen LogP contribution in [0.4, 0.5) is 41.1 Å². The molecule has 84 heavy (non-hydrogen) atoms. The van der Waals surface area contributed by atoms with E-state index in [1.807, 2.05) is 73.1 Å². The van der Waals surface area contributed by atoms with Crippen LogP contribution in [-0.4, -0.2) is 203 Å². The van der Waals surface area contributed by atoms with Crippen LogP contribution in [-0.2, 0) is 41.6 Å². The highest BCUT2D eigenvalue weighted by Gasteiger charge is 2.35. The van der Waals surface area contributed by atoms with Gasteiger partial charge in [-0.2, -0.15) is 0 Å². The number of benzene rings is 4. The van der Waals surface area contributed by atoms with Gasteiger partial charge < -0.3 is 59.4 Å². The second-order valence-electron chi connectivity index (χ2n) is 20.6. The maximum Gasteiger partial charge on any atom is 0.414 e. The molecule has 0 saturated carbocycles. The van der Waals surface area contributed by atoms with E-state index in [9.17, 15) is 33.2 Å². The number of piperazine rings is 2. The van der Waals surface area contributed by atoms with Gasteiger partial charge in [0.15, 0.2) is 13.2 Å². The Morgan fingerprint density at radius 1 is 0.643 bits per heavy atom.